The molecule has 0 aliphatic rings. The molecule has 0 atom stereocenters. The van der Waals surface area contributed by atoms with Gasteiger partial charge in [-0.25, -0.2) is 9.78 Å². The molecule has 0 fully saturated rings. The average molecular weight is 638 g/mol. The summed E-state index contributed by atoms with van der Waals surface area (Å²) in [6, 6.07) is 4.32. The van der Waals surface area contributed by atoms with Gasteiger partial charge in [0.05, 0.1) is 34.6 Å². The number of nitrogens with one attached hydrogen (secondary N) is 2. The smallest absolute Gasteiger partial charge is 0.475 e. The average Bonchev–Trinajstić information content (AvgIpc) is 3.46. The fourth-order valence-electron chi connectivity index (χ4n) is 3.41. The van der Waals surface area contributed by atoms with Crippen molar-refractivity contribution in [2.24, 2.45) is 12.8 Å². The largest absolute Gasteiger partial charge is 0.490 e. The second-order valence-electron chi connectivity index (χ2n) is 8.92. The van der Waals surface area contributed by atoms with Crippen LogP contribution in [-0.4, -0.2) is 61.5 Å². The first kappa shape index (κ1) is 34.8. The van der Waals surface area contributed by atoms with Crippen molar-refractivity contribution in [3.8, 4) is 11.3 Å². The lowest BCUT2D eigenvalue weighted by molar-refractivity contribution is -0.192. The van der Waals surface area contributed by atoms with Crippen LogP contribution in [0.3, 0.4) is 0 Å². The molecule has 18 heteroatoms. The second-order valence-corrected chi connectivity index (χ2v) is 9.33. The maximum Gasteiger partial charge on any atom is 0.490 e. The van der Waals surface area contributed by atoms with Gasteiger partial charge in [0.25, 0.3) is 11.8 Å². The van der Waals surface area contributed by atoms with E-state index in [0.717, 1.165) is 4.68 Å². The van der Waals surface area contributed by atoms with Crippen molar-refractivity contribution < 1.29 is 45.8 Å². The minimum Gasteiger partial charge on any atom is -0.475 e. The third kappa shape index (κ3) is 9.57. The molecule has 43 heavy (non-hydrogen) atoms. The molecule has 0 aliphatic carbocycles. The molecule has 0 saturated carbocycles. The first-order chi connectivity index (χ1) is 19.9. The maximum atomic E-state index is 13.6. The molecule has 5 N–H and O–H groups in total. The van der Waals surface area contributed by atoms with Gasteiger partial charge in [-0.3, -0.25) is 14.3 Å². The number of imidazole rings is 1. The lowest BCUT2D eigenvalue weighted by Gasteiger charge is -2.10. The first-order valence-electron chi connectivity index (χ1n) is 12.1. The van der Waals surface area contributed by atoms with Gasteiger partial charge in [0.15, 0.2) is 11.5 Å². The number of aromatic nitrogens is 4. The van der Waals surface area contributed by atoms with Crippen LogP contribution < -0.4 is 16.4 Å². The van der Waals surface area contributed by atoms with Crippen LogP contribution in [0.2, 0.25) is 5.02 Å². The molecule has 0 bridgehead atoms. The zero-order valence-corrected chi connectivity index (χ0v) is 23.4. The number of alkyl halides is 6. The van der Waals surface area contributed by atoms with Gasteiger partial charge >= 0.3 is 18.3 Å². The number of hydrogen-bond acceptors (Lipinski definition) is 6. The molecule has 1 aromatic carbocycles. The van der Waals surface area contributed by atoms with E-state index in [-0.39, 0.29) is 45.8 Å². The fraction of sp³-hybridized carbons (Fsp3) is 0.320. The number of allylic oxidation sites excluding steroid dienone is 1. The highest BCUT2D eigenvalue weighted by Crippen LogP contribution is 2.36. The van der Waals surface area contributed by atoms with Gasteiger partial charge in [-0.1, -0.05) is 23.8 Å². The zero-order chi connectivity index (χ0) is 32.7. The Kier molecular flexibility index (Phi) is 11.5. The molecule has 2 aromatic heterocycles. The van der Waals surface area contributed by atoms with E-state index < -0.39 is 29.9 Å². The number of anilines is 1. The lowest BCUT2D eigenvalue weighted by atomic mass is 10.2. The van der Waals surface area contributed by atoms with Crippen LogP contribution in [0.4, 0.5) is 32.0 Å². The minimum absolute atomic E-state index is 0.0583. The normalized spacial score (nSPS) is 11.4. The van der Waals surface area contributed by atoms with E-state index in [0.29, 0.717) is 25.1 Å². The number of carboxylic acids is 1. The van der Waals surface area contributed by atoms with Crippen molar-refractivity contribution in [1.82, 2.24) is 24.6 Å². The summed E-state index contributed by atoms with van der Waals surface area (Å²) in [5.74, 6) is -3.95. The SMILES string of the molecule is C=C(C)Cn1cc(-c2cnc(C(=O)Nc3ccc(C(=O)NCCCN)c(Cl)c3)n2C)c(C(F)(F)F)n1.O=C(O)C(F)(F)F. The van der Waals surface area contributed by atoms with Gasteiger partial charge in [-0.15, -0.1) is 0 Å². The number of halogens is 7. The summed E-state index contributed by atoms with van der Waals surface area (Å²) in [6.07, 6.45) is -6.76. The van der Waals surface area contributed by atoms with Crippen LogP contribution in [0.5, 0.6) is 0 Å². The molecule has 0 radical (unpaired) electrons. The summed E-state index contributed by atoms with van der Waals surface area (Å²) < 4.78 is 75.0. The van der Waals surface area contributed by atoms with E-state index in [1.807, 2.05) is 0 Å². The van der Waals surface area contributed by atoms with Gasteiger partial charge in [0.1, 0.15) is 0 Å². The molecule has 0 saturated heterocycles. The van der Waals surface area contributed by atoms with E-state index in [1.54, 1.807) is 6.92 Å². The molecule has 0 aliphatic heterocycles. The number of hydrogen-bond donors (Lipinski definition) is 4. The van der Waals surface area contributed by atoms with Gasteiger partial charge in [-0.05, 0) is 38.1 Å². The van der Waals surface area contributed by atoms with Crippen LogP contribution in [0.15, 0.2) is 42.7 Å². The number of carbonyl (C=O) groups is 3. The minimum atomic E-state index is -5.08. The Labute approximate surface area is 245 Å². The highest BCUT2D eigenvalue weighted by atomic mass is 35.5. The second kappa shape index (κ2) is 14.2. The van der Waals surface area contributed by atoms with Crippen LogP contribution in [-0.2, 0) is 24.6 Å². The number of rotatable bonds is 9. The molecule has 2 amide bonds. The van der Waals surface area contributed by atoms with Crippen LogP contribution in [0.25, 0.3) is 11.3 Å². The van der Waals surface area contributed by atoms with Crippen LogP contribution in [0.1, 0.15) is 40.0 Å². The molecule has 0 unspecified atom stereocenters. The molecule has 3 aromatic rings. The van der Waals surface area contributed by atoms with E-state index in [4.69, 9.17) is 27.2 Å². The number of nitrogens with two attached hydrogens (primary N) is 1. The number of amides is 2. The van der Waals surface area contributed by atoms with Crippen molar-refractivity contribution in [2.75, 3.05) is 18.4 Å². The third-order valence-electron chi connectivity index (χ3n) is 5.31. The van der Waals surface area contributed by atoms with E-state index in [2.05, 4.69) is 27.3 Å². The summed E-state index contributed by atoms with van der Waals surface area (Å²) in [5.41, 5.74) is 5.28. The van der Waals surface area contributed by atoms with E-state index in [9.17, 15) is 35.9 Å². The number of carboxylic acid groups (broad SMARTS) is 1. The Balaban J connectivity index is 0.000000821. The fourth-order valence-corrected chi connectivity index (χ4v) is 3.68. The van der Waals surface area contributed by atoms with E-state index >= 15 is 0 Å². The maximum absolute atomic E-state index is 13.6. The molecule has 11 nitrogen and oxygen atoms in total. The van der Waals surface area contributed by atoms with Crippen LogP contribution >= 0.6 is 11.6 Å². The predicted molar refractivity (Wildman–Crippen MR) is 143 cm³/mol. The molecule has 2 heterocycles. The first-order valence-corrected chi connectivity index (χ1v) is 12.4. The van der Waals surface area contributed by atoms with E-state index in [1.165, 1.54) is 42.2 Å². The predicted octanol–water partition coefficient (Wildman–Crippen LogP) is 4.50. The van der Waals surface area contributed by atoms with Crippen LogP contribution in [0, 0.1) is 0 Å². The zero-order valence-electron chi connectivity index (χ0n) is 22.6. The summed E-state index contributed by atoms with van der Waals surface area (Å²) >= 11 is 6.20. The van der Waals surface area contributed by atoms with Gasteiger partial charge < -0.3 is 26.0 Å². The Morgan fingerprint density at radius 3 is 2.28 bits per heavy atom. The van der Waals surface area contributed by atoms with Crippen molar-refractivity contribution in [2.45, 2.75) is 32.2 Å². The summed E-state index contributed by atoms with van der Waals surface area (Å²) in [7, 11) is 1.43. The standard InChI is InChI=1S/C23H25ClF3N7O2.C2HF3O2/c1-13(2)11-34-12-16(19(32-34)23(25,26)27)18-10-30-20(33(18)3)22(36)31-14-5-6-15(17(24)9-14)21(35)29-8-4-7-28;3-2(4,5)1(6)7/h5-6,9-10,12H,1,4,7-8,11,28H2,2-3H3,(H,29,35)(H,31,36);(H,6,7). The summed E-state index contributed by atoms with van der Waals surface area (Å²) in [5, 5.41) is 16.2. The quantitative estimate of drug-likeness (QED) is 0.153. The molecule has 3 rings (SSSR count). The number of aliphatic carboxylic acids is 1. The van der Waals surface area contributed by atoms with Gasteiger partial charge in [-0.2, -0.15) is 31.4 Å². The number of carbonyl (C=O) groups excluding carboxylic acids is 2. The monoisotopic (exact) mass is 637 g/mol. The number of benzene rings is 1. The Morgan fingerprint density at radius 1 is 1.14 bits per heavy atom. The van der Waals surface area contributed by atoms with Gasteiger partial charge in [0.2, 0.25) is 0 Å². The van der Waals surface area contributed by atoms with Crippen molar-refractivity contribution >= 4 is 35.1 Å². The van der Waals surface area contributed by atoms with Crippen molar-refractivity contribution in [3.05, 3.63) is 64.8 Å². The Morgan fingerprint density at radius 2 is 1.77 bits per heavy atom. The molecular formula is C25H26ClF6N7O4. The molecule has 0 spiro atoms. The lowest BCUT2D eigenvalue weighted by Crippen LogP contribution is -2.26. The van der Waals surface area contributed by atoms with Gasteiger partial charge in [0, 0.05) is 25.5 Å². The summed E-state index contributed by atoms with van der Waals surface area (Å²) in [4.78, 5) is 37.9. The Hall–Kier alpha value is -4.38. The highest BCUT2D eigenvalue weighted by molar-refractivity contribution is 6.34. The Bertz CT molecular complexity index is 1500. The number of nitrogens with zero attached hydrogens (tertiary/aromatic N) is 4. The van der Waals surface area contributed by atoms with Crippen molar-refractivity contribution in [3.63, 3.8) is 0 Å². The topological polar surface area (TPSA) is 157 Å². The third-order valence-corrected chi connectivity index (χ3v) is 5.62. The molecular weight excluding hydrogens is 612 g/mol. The summed E-state index contributed by atoms with van der Waals surface area (Å²) in [6.45, 7) is 6.31. The molecule has 234 valence electrons. The highest BCUT2D eigenvalue weighted by Gasteiger charge is 2.39. The van der Waals surface area contributed by atoms with Crippen molar-refractivity contribution in [1.29, 1.82) is 0 Å².